The van der Waals surface area contributed by atoms with E-state index in [0.717, 1.165) is 5.56 Å². The van der Waals surface area contributed by atoms with E-state index in [1.165, 1.54) is 0 Å². The molecule has 0 aliphatic heterocycles. The monoisotopic (exact) mass is 199 g/mol. The molecule has 1 rings (SSSR count). The third kappa shape index (κ3) is 1.72. The van der Waals surface area contributed by atoms with Crippen LogP contribution in [0.5, 0.6) is 0 Å². The van der Waals surface area contributed by atoms with Gasteiger partial charge in [-0.05, 0) is 12.5 Å². The van der Waals surface area contributed by atoms with Crippen LogP contribution in [0.25, 0.3) is 0 Å². The molecule has 3 heteroatoms. The van der Waals surface area contributed by atoms with Gasteiger partial charge >= 0.3 is 0 Å². The molecule has 0 N–H and O–H groups in total. The second kappa shape index (κ2) is 3.35. The van der Waals surface area contributed by atoms with Crippen LogP contribution in [-0.4, -0.2) is 0 Å². The Morgan fingerprint density at radius 3 is 2.42 bits per heavy atom. The lowest BCUT2D eigenvalue weighted by Gasteiger charge is -2.12. The Labute approximate surface area is 81.5 Å². The molecule has 0 saturated heterocycles. The van der Waals surface area contributed by atoms with Crippen molar-refractivity contribution in [1.29, 1.82) is 5.26 Å². The van der Waals surface area contributed by atoms with Crippen molar-refractivity contribution in [2.75, 3.05) is 0 Å². The van der Waals surface area contributed by atoms with Crippen molar-refractivity contribution in [1.82, 2.24) is 0 Å². The van der Waals surface area contributed by atoms with E-state index in [1.807, 2.05) is 25.1 Å². The average molecular weight is 200 g/mol. The maximum Gasteiger partial charge on any atom is 0.228 e. The summed E-state index contributed by atoms with van der Waals surface area (Å²) < 4.78 is -1.43. The smallest absolute Gasteiger partial charge is 0.195 e. The van der Waals surface area contributed by atoms with Gasteiger partial charge in [-0.2, -0.15) is 5.26 Å². The Morgan fingerprint density at radius 2 is 1.92 bits per heavy atom. The zero-order valence-corrected chi connectivity index (χ0v) is 8.02. The summed E-state index contributed by atoms with van der Waals surface area (Å²) >= 11 is 11.5. The number of halogens is 2. The van der Waals surface area contributed by atoms with Crippen LogP contribution in [0.2, 0.25) is 0 Å². The minimum Gasteiger partial charge on any atom is -0.195 e. The molecule has 0 aliphatic carbocycles. The van der Waals surface area contributed by atoms with E-state index in [4.69, 9.17) is 28.5 Å². The van der Waals surface area contributed by atoms with Crippen LogP contribution in [0.3, 0.4) is 0 Å². The van der Waals surface area contributed by atoms with E-state index in [2.05, 4.69) is 0 Å². The lowest BCUT2D eigenvalue weighted by Crippen LogP contribution is -2.08. The Bertz CT molecular complexity index is 326. The van der Waals surface area contributed by atoms with Gasteiger partial charge in [0.2, 0.25) is 4.33 Å². The van der Waals surface area contributed by atoms with Crippen molar-refractivity contribution in [3.05, 3.63) is 35.4 Å². The fourth-order valence-electron chi connectivity index (χ4n) is 0.985. The summed E-state index contributed by atoms with van der Waals surface area (Å²) in [6.45, 7) is 1.87. The third-order valence-electron chi connectivity index (χ3n) is 1.62. The molecule has 0 aromatic heterocycles. The lowest BCUT2D eigenvalue weighted by molar-refractivity contribution is 1.08. The van der Waals surface area contributed by atoms with Gasteiger partial charge in [0, 0.05) is 5.56 Å². The number of nitrogens with zero attached hydrogens (tertiary/aromatic N) is 1. The van der Waals surface area contributed by atoms with E-state index in [0.29, 0.717) is 5.56 Å². The Hall–Kier alpha value is -0.710. The van der Waals surface area contributed by atoms with Gasteiger partial charge in [-0.15, -0.1) is 0 Å². The predicted octanol–water partition coefficient (Wildman–Crippen LogP) is 3.15. The van der Waals surface area contributed by atoms with Gasteiger partial charge < -0.3 is 0 Å². The van der Waals surface area contributed by atoms with Crippen LogP contribution in [-0.2, 0) is 4.33 Å². The average Bonchev–Trinajstić information content (AvgIpc) is 2.05. The molecule has 0 unspecified atom stereocenters. The van der Waals surface area contributed by atoms with Crippen LogP contribution in [0, 0.1) is 18.3 Å². The van der Waals surface area contributed by atoms with Gasteiger partial charge in [0.05, 0.1) is 0 Å². The van der Waals surface area contributed by atoms with Crippen molar-refractivity contribution in [3.8, 4) is 6.07 Å². The topological polar surface area (TPSA) is 23.8 Å². The van der Waals surface area contributed by atoms with E-state index in [-0.39, 0.29) is 0 Å². The SMILES string of the molecule is Cc1ccccc1C(Cl)(Cl)C#N. The molecule has 62 valence electrons. The maximum atomic E-state index is 8.66. The summed E-state index contributed by atoms with van der Waals surface area (Å²) in [5.41, 5.74) is 1.57. The zero-order chi connectivity index (χ0) is 9.19. The first-order chi connectivity index (χ1) is 5.58. The van der Waals surface area contributed by atoms with E-state index < -0.39 is 4.33 Å². The Balaban J connectivity index is 3.22. The van der Waals surface area contributed by atoms with E-state index in [9.17, 15) is 0 Å². The molecule has 0 amide bonds. The van der Waals surface area contributed by atoms with Crippen molar-refractivity contribution in [3.63, 3.8) is 0 Å². The predicted molar refractivity (Wildman–Crippen MR) is 50.2 cm³/mol. The van der Waals surface area contributed by atoms with E-state index in [1.54, 1.807) is 12.1 Å². The fraction of sp³-hybridized carbons (Fsp3) is 0.222. The summed E-state index contributed by atoms with van der Waals surface area (Å²) in [5, 5.41) is 8.66. The quantitative estimate of drug-likeness (QED) is 0.638. The second-order valence-corrected chi connectivity index (χ2v) is 3.83. The first-order valence-electron chi connectivity index (χ1n) is 3.43. The van der Waals surface area contributed by atoms with Crippen LogP contribution in [0.4, 0.5) is 0 Å². The van der Waals surface area contributed by atoms with Crippen LogP contribution in [0.15, 0.2) is 24.3 Å². The molecule has 1 nitrogen and oxygen atoms in total. The van der Waals surface area contributed by atoms with Crippen molar-refractivity contribution in [2.24, 2.45) is 0 Å². The van der Waals surface area contributed by atoms with Crippen LogP contribution >= 0.6 is 23.2 Å². The highest BCUT2D eigenvalue weighted by Gasteiger charge is 2.27. The molecule has 12 heavy (non-hydrogen) atoms. The number of hydrogen-bond donors (Lipinski definition) is 0. The summed E-state index contributed by atoms with van der Waals surface area (Å²) in [5.74, 6) is 0. The van der Waals surface area contributed by atoms with Gasteiger partial charge in [0.1, 0.15) is 6.07 Å². The highest BCUT2D eigenvalue weighted by molar-refractivity contribution is 6.50. The number of nitriles is 1. The molecule has 0 spiro atoms. The molecule has 0 atom stereocenters. The normalized spacial score (nSPS) is 10.8. The van der Waals surface area contributed by atoms with Gasteiger partial charge in [0.25, 0.3) is 0 Å². The number of alkyl halides is 2. The second-order valence-electron chi connectivity index (χ2n) is 2.50. The van der Waals surface area contributed by atoms with Crippen LogP contribution < -0.4 is 0 Å². The highest BCUT2D eigenvalue weighted by Crippen LogP contribution is 2.34. The van der Waals surface area contributed by atoms with Crippen molar-refractivity contribution >= 4 is 23.2 Å². The highest BCUT2D eigenvalue weighted by atomic mass is 35.5. The molecule has 0 fully saturated rings. The Morgan fingerprint density at radius 1 is 1.33 bits per heavy atom. The summed E-state index contributed by atoms with van der Waals surface area (Å²) in [6, 6.07) is 9.12. The largest absolute Gasteiger partial charge is 0.228 e. The standard InChI is InChI=1S/C9H7Cl2N/c1-7-4-2-3-5-8(7)9(10,11)6-12/h2-5H,1H3. The number of hydrogen-bond acceptors (Lipinski definition) is 1. The first kappa shape index (κ1) is 9.38. The van der Waals surface area contributed by atoms with Crippen molar-refractivity contribution in [2.45, 2.75) is 11.3 Å². The van der Waals surface area contributed by atoms with Crippen LogP contribution in [0.1, 0.15) is 11.1 Å². The minimum atomic E-state index is -1.43. The molecule has 0 bridgehead atoms. The van der Waals surface area contributed by atoms with Gasteiger partial charge in [0.15, 0.2) is 0 Å². The Kier molecular flexibility index (Phi) is 2.62. The molecule has 1 aromatic rings. The van der Waals surface area contributed by atoms with Gasteiger partial charge in [-0.25, -0.2) is 0 Å². The number of benzene rings is 1. The fourth-order valence-corrected chi connectivity index (χ4v) is 1.41. The third-order valence-corrected chi connectivity index (χ3v) is 2.20. The summed E-state index contributed by atoms with van der Waals surface area (Å²) in [4.78, 5) is 0. The lowest BCUT2D eigenvalue weighted by atomic mass is 10.1. The molecule has 0 aliphatic rings. The minimum absolute atomic E-state index is 0.649. The molecule has 1 aromatic carbocycles. The molecular formula is C9H7Cl2N. The van der Waals surface area contributed by atoms with E-state index >= 15 is 0 Å². The molecular weight excluding hydrogens is 193 g/mol. The summed E-state index contributed by atoms with van der Waals surface area (Å²) in [6.07, 6.45) is 0. The summed E-state index contributed by atoms with van der Waals surface area (Å²) in [7, 11) is 0. The van der Waals surface area contributed by atoms with Gasteiger partial charge in [-0.1, -0.05) is 47.5 Å². The maximum absolute atomic E-state index is 8.66. The van der Waals surface area contributed by atoms with Crippen molar-refractivity contribution < 1.29 is 0 Å². The molecule has 0 saturated carbocycles. The molecule has 0 radical (unpaired) electrons. The molecule has 0 heterocycles. The zero-order valence-electron chi connectivity index (χ0n) is 6.51. The number of aryl methyl sites for hydroxylation is 1. The first-order valence-corrected chi connectivity index (χ1v) is 4.18. The number of rotatable bonds is 1. The van der Waals surface area contributed by atoms with Gasteiger partial charge in [-0.3, -0.25) is 0 Å².